The predicted molar refractivity (Wildman–Crippen MR) is 79.6 cm³/mol. The first-order chi connectivity index (χ1) is 9.83. The molecule has 1 aliphatic carbocycles. The second-order valence-electron chi connectivity index (χ2n) is 5.04. The van der Waals surface area contributed by atoms with E-state index in [-0.39, 0.29) is 0 Å². The van der Waals surface area contributed by atoms with Crippen LogP contribution in [-0.2, 0) is 0 Å². The Morgan fingerprint density at radius 3 is 2.70 bits per heavy atom. The van der Waals surface area contributed by atoms with E-state index in [2.05, 4.69) is 10.4 Å². The first-order valence-electron chi connectivity index (χ1n) is 6.99. The van der Waals surface area contributed by atoms with Crippen molar-refractivity contribution in [3.63, 3.8) is 0 Å². The summed E-state index contributed by atoms with van der Waals surface area (Å²) in [6, 6.07) is 7.98. The van der Waals surface area contributed by atoms with Gasteiger partial charge in [-0.2, -0.15) is 5.10 Å². The highest BCUT2D eigenvalue weighted by Gasteiger charge is 2.30. The Bertz CT molecular complexity index is 572. The van der Waals surface area contributed by atoms with Gasteiger partial charge in [-0.25, -0.2) is 4.68 Å². The minimum atomic E-state index is 0.611. The number of hydrogen-bond acceptors (Lipinski definition) is 4. The molecule has 1 fully saturated rings. The molecular weight excluding hydrogens is 252 g/mol. The molecule has 1 aromatic heterocycles. The Kier molecular flexibility index (Phi) is 3.60. The molecule has 0 spiro atoms. The van der Waals surface area contributed by atoms with Gasteiger partial charge < -0.3 is 15.8 Å². The van der Waals surface area contributed by atoms with Crippen molar-refractivity contribution in [2.45, 2.75) is 18.8 Å². The lowest BCUT2D eigenvalue weighted by Gasteiger charge is -2.10. The SMILES string of the molecule is COc1ccc(-n2ncc(NCCN)c2C2CC2)cc1. The van der Waals surface area contributed by atoms with Crippen molar-refractivity contribution in [1.29, 1.82) is 0 Å². The molecule has 1 saturated carbocycles. The normalized spacial score (nSPS) is 14.3. The lowest BCUT2D eigenvalue weighted by Crippen LogP contribution is -2.14. The summed E-state index contributed by atoms with van der Waals surface area (Å²) in [5.74, 6) is 1.47. The Hall–Kier alpha value is -2.01. The Morgan fingerprint density at radius 2 is 2.10 bits per heavy atom. The maximum atomic E-state index is 5.56. The van der Waals surface area contributed by atoms with Crippen LogP contribution in [0.5, 0.6) is 5.75 Å². The van der Waals surface area contributed by atoms with E-state index in [0.29, 0.717) is 12.5 Å². The monoisotopic (exact) mass is 272 g/mol. The Balaban J connectivity index is 1.93. The predicted octanol–water partition coefficient (Wildman–Crippen LogP) is 2.13. The van der Waals surface area contributed by atoms with Gasteiger partial charge in [0.15, 0.2) is 0 Å². The van der Waals surface area contributed by atoms with Crippen molar-refractivity contribution < 1.29 is 4.74 Å². The summed E-state index contributed by atoms with van der Waals surface area (Å²) in [6.07, 6.45) is 4.37. The van der Waals surface area contributed by atoms with Gasteiger partial charge in [-0.1, -0.05) is 0 Å². The first kappa shape index (κ1) is 13.0. The second kappa shape index (κ2) is 5.54. The van der Waals surface area contributed by atoms with E-state index in [1.165, 1.54) is 18.5 Å². The largest absolute Gasteiger partial charge is 0.497 e. The molecule has 0 aliphatic heterocycles. The van der Waals surface area contributed by atoms with Gasteiger partial charge in [0.05, 0.1) is 30.4 Å². The molecule has 3 N–H and O–H groups in total. The van der Waals surface area contributed by atoms with Gasteiger partial charge in [0.2, 0.25) is 0 Å². The molecule has 2 aromatic rings. The number of hydrogen-bond donors (Lipinski definition) is 2. The molecule has 5 nitrogen and oxygen atoms in total. The van der Waals surface area contributed by atoms with Gasteiger partial charge in [-0.3, -0.25) is 0 Å². The summed E-state index contributed by atoms with van der Waals surface area (Å²) in [4.78, 5) is 0. The second-order valence-corrected chi connectivity index (χ2v) is 5.04. The highest BCUT2D eigenvalue weighted by atomic mass is 16.5. The van der Waals surface area contributed by atoms with E-state index in [0.717, 1.165) is 23.7 Å². The molecule has 106 valence electrons. The maximum Gasteiger partial charge on any atom is 0.119 e. The van der Waals surface area contributed by atoms with Crippen molar-refractivity contribution in [3.05, 3.63) is 36.2 Å². The average Bonchev–Trinajstić information content (AvgIpc) is 3.25. The van der Waals surface area contributed by atoms with Crippen molar-refractivity contribution in [3.8, 4) is 11.4 Å². The zero-order valence-corrected chi connectivity index (χ0v) is 11.7. The number of rotatable bonds is 6. The lowest BCUT2D eigenvalue weighted by atomic mass is 10.2. The third kappa shape index (κ3) is 2.49. The number of nitrogens with zero attached hydrogens (tertiary/aromatic N) is 2. The fourth-order valence-electron chi connectivity index (χ4n) is 2.38. The van der Waals surface area contributed by atoms with Gasteiger partial charge in [0.1, 0.15) is 5.75 Å². The lowest BCUT2D eigenvalue weighted by molar-refractivity contribution is 0.414. The van der Waals surface area contributed by atoms with Gasteiger partial charge in [-0.05, 0) is 37.1 Å². The molecule has 1 heterocycles. The highest BCUT2D eigenvalue weighted by Crippen LogP contribution is 2.44. The van der Waals surface area contributed by atoms with E-state index < -0.39 is 0 Å². The first-order valence-corrected chi connectivity index (χ1v) is 6.99. The molecule has 0 bridgehead atoms. The molecular formula is C15H20N4O. The minimum absolute atomic E-state index is 0.611. The summed E-state index contributed by atoms with van der Waals surface area (Å²) >= 11 is 0. The van der Waals surface area contributed by atoms with Crippen LogP contribution in [0.3, 0.4) is 0 Å². The molecule has 20 heavy (non-hydrogen) atoms. The smallest absolute Gasteiger partial charge is 0.119 e. The molecule has 1 aliphatic rings. The number of anilines is 1. The number of methoxy groups -OCH3 is 1. The van der Waals surface area contributed by atoms with Gasteiger partial charge >= 0.3 is 0 Å². The molecule has 0 saturated heterocycles. The topological polar surface area (TPSA) is 65.1 Å². The fraction of sp³-hybridized carbons (Fsp3) is 0.400. The standard InChI is InChI=1S/C15H20N4O/c1-20-13-6-4-12(5-7-13)19-15(11-2-3-11)14(10-18-19)17-9-8-16/h4-7,10-11,17H,2-3,8-9,16H2,1H3. The van der Waals surface area contributed by atoms with Gasteiger partial charge in [0.25, 0.3) is 0 Å². The van der Waals surface area contributed by atoms with Crippen LogP contribution in [0.15, 0.2) is 30.5 Å². The summed E-state index contributed by atoms with van der Waals surface area (Å²) in [5, 5.41) is 7.89. The third-order valence-corrected chi connectivity index (χ3v) is 3.55. The van der Waals surface area contributed by atoms with E-state index in [4.69, 9.17) is 10.5 Å². The average molecular weight is 272 g/mol. The number of benzene rings is 1. The number of ether oxygens (including phenoxy) is 1. The van der Waals surface area contributed by atoms with Crippen molar-refractivity contribution in [1.82, 2.24) is 9.78 Å². The number of nitrogens with one attached hydrogen (secondary N) is 1. The van der Waals surface area contributed by atoms with Gasteiger partial charge in [-0.15, -0.1) is 0 Å². The zero-order chi connectivity index (χ0) is 13.9. The number of aromatic nitrogens is 2. The van der Waals surface area contributed by atoms with Crippen LogP contribution in [0.1, 0.15) is 24.5 Å². The third-order valence-electron chi connectivity index (χ3n) is 3.55. The molecule has 0 amide bonds. The maximum absolute atomic E-state index is 5.56. The van der Waals surface area contributed by atoms with Crippen LogP contribution >= 0.6 is 0 Å². The van der Waals surface area contributed by atoms with Crippen LogP contribution in [0.4, 0.5) is 5.69 Å². The molecule has 5 heteroatoms. The molecule has 1 aromatic carbocycles. The van der Waals surface area contributed by atoms with E-state index in [1.807, 2.05) is 35.1 Å². The number of nitrogens with two attached hydrogens (primary N) is 1. The van der Waals surface area contributed by atoms with E-state index >= 15 is 0 Å². The van der Waals surface area contributed by atoms with Crippen LogP contribution < -0.4 is 15.8 Å². The van der Waals surface area contributed by atoms with Gasteiger partial charge in [0, 0.05) is 19.0 Å². The minimum Gasteiger partial charge on any atom is -0.497 e. The summed E-state index contributed by atoms with van der Waals surface area (Å²) < 4.78 is 7.22. The molecule has 3 rings (SSSR count). The fourth-order valence-corrected chi connectivity index (χ4v) is 2.38. The van der Waals surface area contributed by atoms with Crippen molar-refractivity contribution in [2.24, 2.45) is 5.73 Å². The van der Waals surface area contributed by atoms with Crippen molar-refractivity contribution in [2.75, 3.05) is 25.5 Å². The van der Waals surface area contributed by atoms with Crippen LogP contribution in [0.25, 0.3) is 5.69 Å². The molecule has 0 radical (unpaired) electrons. The quantitative estimate of drug-likeness (QED) is 0.845. The van der Waals surface area contributed by atoms with E-state index in [1.54, 1.807) is 7.11 Å². The Morgan fingerprint density at radius 1 is 1.35 bits per heavy atom. The molecule has 0 atom stereocenters. The van der Waals surface area contributed by atoms with Crippen molar-refractivity contribution >= 4 is 5.69 Å². The summed E-state index contributed by atoms with van der Waals surface area (Å²) in [5.41, 5.74) is 9.00. The van der Waals surface area contributed by atoms with Crippen LogP contribution in [0.2, 0.25) is 0 Å². The zero-order valence-electron chi connectivity index (χ0n) is 11.7. The highest BCUT2D eigenvalue weighted by molar-refractivity contribution is 5.53. The van der Waals surface area contributed by atoms with Crippen LogP contribution in [0, 0.1) is 0 Å². The summed E-state index contributed by atoms with van der Waals surface area (Å²) in [6.45, 7) is 1.39. The summed E-state index contributed by atoms with van der Waals surface area (Å²) in [7, 11) is 1.67. The molecule has 0 unspecified atom stereocenters. The van der Waals surface area contributed by atoms with E-state index in [9.17, 15) is 0 Å². The Labute approximate surface area is 118 Å². The van der Waals surface area contributed by atoms with Crippen LogP contribution in [-0.4, -0.2) is 30.0 Å².